The molecule has 0 atom stereocenters. The molecule has 0 aliphatic heterocycles. The largest absolute Gasteiger partial charge is 0.478 e. The number of benzene rings is 1. The van der Waals surface area contributed by atoms with Crippen LogP contribution in [0.25, 0.3) is 0 Å². The Labute approximate surface area is 92.5 Å². The van der Waals surface area contributed by atoms with Crippen LogP contribution in [0.4, 0.5) is 5.69 Å². The van der Waals surface area contributed by atoms with E-state index in [2.05, 4.69) is 0 Å². The Morgan fingerprint density at radius 3 is 2.38 bits per heavy atom. The van der Waals surface area contributed by atoms with E-state index in [1.807, 2.05) is 0 Å². The highest BCUT2D eigenvalue weighted by atomic mass is 32.2. The number of hydrogen-bond donors (Lipinski definition) is 3. The van der Waals surface area contributed by atoms with Gasteiger partial charge >= 0.3 is 5.97 Å². The van der Waals surface area contributed by atoms with Gasteiger partial charge in [0.1, 0.15) is 0 Å². The van der Waals surface area contributed by atoms with Crippen molar-refractivity contribution in [3.05, 3.63) is 23.3 Å². The molecular weight excluding hydrogens is 234 g/mol. The molecule has 0 unspecified atom stereocenters. The number of nitrogens with two attached hydrogens (primary N) is 1. The fourth-order valence-electron chi connectivity index (χ4n) is 1.40. The van der Waals surface area contributed by atoms with E-state index in [1.54, 1.807) is 6.92 Å². The second-order valence-corrected chi connectivity index (χ2v) is 4.59. The van der Waals surface area contributed by atoms with Gasteiger partial charge in [0, 0.05) is 5.69 Å². The number of anilines is 1. The van der Waals surface area contributed by atoms with Gasteiger partial charge in [-0.05, 0) is 24.1 Å². The molecule has 0 radical (unpaired) electrons. The molecule has 1 aromatic carbocycles. The summed E-state index contributed by atoms with van der Waals surface area (Å²) in [6.45, 7) is 1.70. The average molecular weight is 245 g/mol. The summed E-state index contributed by atoms with van der Waals surface area (Å²) < 4.78 is 30.5. The van der Waals surface area contributed by atoms with Gasteiger partial charge in [0.25, 0.3) is 10.1 Å². The summed E-state index contributed by atoms with van der Waals surface area (Å²) >= 11 is 0. The highest BCUT2D eigenvalue weighted by molar-refractivity contribution is 7.85. The zero-order chi connectivity index (χ0) is 12.5. The lowest BCUT2D eigenvalue weighted by molar-refractivity contribution is 0.0695. The van der Waals surface area contributed by atoms with Gasteiger partial charge in [-0.25, -0.2) is 4.79 Å². The van der Waals surface area contributed by atoms with Gasteiger partial charge < -0.3 is 10.8 Å². The Bertz CT molecular complexity index is 535. The molecule has 1 rings (SSSR count). The normalized spacial score (nSPS) is 11.4. The zero-order valence-electron chi connectivity index (χ0n) is 8.47. The summed E-state index contributed by atoms with van der Waals surface area (Å²) in [7, 11) is -4.45. The van der Waals surface area contributed by atoms with Gasteiger partial charge in [0.15, 0.2) is 0 Å². The van der Waals surface area contributed by atoms with Gasteiger partial charge in [0.2, 0.25) is 0 Å². The lowest BCUT2D eigenvalue weighted by atomic mass is 10.0. The van der Waals surface area contributed by atoms with Crippen LogP contribution in [-0.4, -0.2) is 24.0 Å². The predicted molar refractivity (Wildman–Crippen MR) is 57.0 cm³/mol. The summed E-state index contributed by atoms with van der Waals surface area (Å²) in [5.41, 5.74) is 5.70. The molecule has 0 saturated heterocycles. The van der Waals surface area contributed by atoms with Gasteiger partial charge in [0.05, 0.1) is 10.5 Å². The molecule has 0 amide bonds. The third-order valence-corrected chi connectivity index (χ3v) is 2.97. The fraction of sp³-hybridized carbons (Fsp3) is 0.222. The topological polar surface area (TPSA) is 118 Å². The predicted octanol–water partition coefficient (Wildman–Crippen LogP) is 0.776. The number of aromatic carboxylic acids is 1. The first-order chi connectivity index (χ1) is 7.27. The summed E-state index contributed by atoms with van der Waals surface area (Å²) in [6, 6.07) is 1.94. The molecule has 0 aliphatic carbocycles. The number of carbonyl (C=O) groups is 1. The van der Waals surface area contributed by atoms with Crippen LogP contribution >= 0.6 is 0 Å². The van der Waals surface area contributed by atoms with Crippen LogP contribution in [0.3, 0.4) is 0 Å². The van der Waals surface area contributed by atoms with Crippen LogP contribution in [0.1, 0.15) is 22.8 Å². The number of nitrogen functional groups attached to an aromatic ring is 1. The van der Waals surface area contributed by atoms with E-state index < -0.39 is 21.0 Å². The van der Waals surface area contributed by atoms with Crippen molar-refractivity contribution in [3.63, 3.8) is 0 Å². The molecular formula is C9H11NO5S. The average Bonchev–Trinajstić information content (AvgIpc) is 2.14. The molecule has 0 aliphatic rings. The molecule has 0 spiro atoms. The van der Waals surface area contributed by atoms with E-state index in [4.69, 9.17) is 15.4 Å². The quantitative estimate of drug-likeness (QED) is 0.535. The van der Waals surface area contributed by atoms with Crippen LogP contribution < -0.4 is 5.73 Å². The Balaban J connectivity index is 3.59. The van der Waals surface area contributed by atoms with Crippen LogP contribution in [0.2, 0.25) is 0 Å². The number of carboxylic acids is 1. The third-order valence-electron chi connectivity index (χ3n) is 2.14. The second-order valence-electron chi connectivity index (χ2n) is 3.17. The van der Waals surface area contributed by atoms with Crippen molar-refractivity contribution >= 4 is 21.8 Å². The molecule has 0 saturated carbocycles. The maximum atomic E-state index is 10.9. The van der Waals surface area contributed by atoms with E-state index in [1.165, 1.54) is 0 Å². The molecule has 7 heteroatoms. The maximum Gasteiger partial charge on any atom is 0.336 e. The van der Waals surface area contributed by atoms with Crippen LogP contribution in [0.5, 0.6) is 0 Å². The minimum Gasteiger partial charge on any atom is -0.478 e. The Hall–Kier alpha value is -1.60. The van der Waals surface area contributed by atoms with Gasteiger partial charge in [-0.1, -0.05) is 6.92 Å². The molecule has 0 bridgehead atoms. The molecule has 16 heavy (non-hydrogen) atoms. The highest BCUT2D eigenvalue weighted by Gasteiger charge is 2.18. The molecule has 1 aromatic rings. The minimum absolute atomic E-state index is 0.0371. The Morgan fingerprint density at radius 1 is 1.44 bits per heavy atom. The van der Waals surface area contributed by atoms with Crippen molar-refractivity contribution in [1.82, 2.24) is 0 Å². The molecule has 0 fully saturated rings. The molecule has 6 nitrogen and oxygen atoms in total. The molecule has 0 aromatic heterocycles. The first-order valence-corrected chi connectivity index (χ1v) is 5.84. The lowest BCUT2D eigenvalue weighted by Crippen LogP contribution is -2.09. The second kappa shape index (κ2) is 4.11. The van der Waals surface area contributed by atoms with Crippen molar-refractivity contribution in [2.24, 2.45) is 0 Å². The van der Waals surface area contributed by atoms with E-state index in [0.29, 0.717) is 12.0 Å². The van der Waals surface area contributed by atoms with Gasteiger partial charge in [-0.3, -0.25) is 4.55 Å². The Morgan fingerprint density at radius 2 is 2.00 bits per heavy atom. The van der Waals surface area contributed by atoms with E-state index in [-0.39, 0.29) is 11.3 Å². The molecule has 0 heterocycles. The Kier molecular flexibility index (Phi) is 3.20. The van der Waals surface area contributed by atoms with Crippen LogP contribution in [0, 0.1) is 0 Å². The standard InChI is InChI=1S/C9H11NO5S/c1-2-6-7(9(11)12)3-5(4-8(6)10)16(13,14)15/h3-4H,2,10H2,1H3,(H,11,12)(H,13,14,15). The first kappa shape index (κ1) is 12.5. The molecule has 4 N–H and O–H groups in total. The van der Waals surface area contributed by atoms with E-state index in [0.717, 1.165) is 12.1 Å². The van der Waals surface area contributed by atoms with Crippen LogP contribution in [0.15, 0.2) is 17.0 Å². The maximum absolute atomic E-state index is 10.9. The fourth-order valence-corrected chi connectivity index (χ4v) is 1.94. The number of hydrogen-bond acceptors (Lipinski definition) is 4. The van der Waals surface area contributed by atoms with E-state index in [9.17, 15) is 13.2 Å². The number of carboxylic acid groups (broad SMARTS) is 1. The third kappa shape index (κ3) is 2.31. The first-order valence-electron chi connectivity index (χ1n) is 4.40. The summed E-state index contributed by atoms with van der Waals surface area (Å²) in [4.78, 5) is 10.4. The number of rotatable bonds is 3. The lowest BCUT2D eigenvalue weighted by Gasteiger charge is -2.09. The molecule has 88 valence electrons. The van der Waals surface area contributed by atoms with Crippen molar-refractivity contribution < 1.29 is 22.9 Å². The smallest absolute Gasteiger partial charge is 0.336 e. The van der Waals surface area contributed by atoms with Crippen molar-refractivity contribution in [1.29, 1.82) is 0 Å². The summed E-state index contributed by atoms with van der Waals surface area (Å²) in [5.74, 6) is -1.28. The highest BCUT2D eigenvalue weighted by Crippen LogP contribution is 2.23. The van der Waals surface area contributed by atoms with Crippen molar-refractivity contribution in [2.75, 3.05) is 5.73 Å². The monoisotopic (exact) mass is 245 g/mol. The SMILES string of the molecule is CCc1c(N)cc(S(=O)(=O)O)cc1C(=O)O. The van der Waals surface area contributed by atoms with Gasteiger partial charge in [-0.15, -0.1) is 0 Å². The van der Waals surface area contributed by atoms with Gasteiger partial charge in [-0.2, -0.15) is 8.42 Å². The zero-order valence-corrected chi connectivity index (χ0v) is 9.28. The van der Waals surface area contributed by atoms with Crippen LogP contribution in [-0.2, 0) is 16.5 Å². The summed E-state index contributed by atoms with van der Waals surface area (Å²) in [5, 5.41) is 8.88. The van der Waals surface area contributed by atoms with Crippen molar-refractivity contribution in [2.45, 2.75) is 18.2 Å². The minimum atomic E-state index is -4.45. The summed E-state index contributed by atoms with van der Waals surface area (Å²) in [6.07, 6.45) is 0.360. The van der Waals surface area contributed by atoms with Crippen molar-refractivity contribution in [3.8, 4) is 0 Å². The van der Waals surface area contributed by atoms with E-state index >= 15 is 0 Å².